The van der Waals surface area contributed by atoms with Gasteiger partial charge in [0, 0.05) is 36.2 Å². The van der Waals surface area contributed by atoms with Crippen LogP contribution in [0.25, 0.3) is 10.9 Å². The van der Waals surface area contributed by atoms with Crippen molar-refractivity contribution in [3.05, 3.63) is 48.0 Å². The highest BCUT2D eigenvalue weighted by molar-refractivity contribution is 5.88. The number of para-hydroxylation sites is 1. The van der Waals surface area contributed by atoms with E-state index in [-0.39, 0.29) is 5.91 Å². The summed E-state index contributed by atoms with van der Waals surface area (Å²) in [6.45, 7) is 2.92. The number of amides is 1. The molecule has 0 aliphatic carbocycles. The predicted octanol–water partition coefficient (Wildman–Crippen LogP) is 1.78. The number of anilines is 1. The van der Waals surface area contributed by atoms with E-state index in [0.29, 0.717) is 19.5 Å². The first-order chi connectivity index (χ1) is 11.2. The average molecular weight is 310 g/mol. The van der Waals surface area contributed by atoms with Crippen molar-refractivity contribution in [2.45, 2.75) is 19.9 Å². The first-order valence-electron chi connectivity index (χ1n) is 7.43. The summed E-state index contributed by atoms with van der Waals surface area (Å²) >= 11 is 0. The van der Waals surface area contributed by atoms with Gasteiger partial charge in [-0.25, -0.2) is 9.97 Å². The minimum Gasteiger partial charge on any atom is -0.369 e. The fourth-order valence-electron chi connectivity index (χ4n) is 2.28. The number of carbonyl (C=O) groups is 1. The number of rotatable bonds is 6. The number of H-pyrrole nitrogens is 1. The number of aromatic amines is 1. The molecule has 0 bridgehead atoms. The summed E-state index contributed by atoms with van der Waals surface area (Å²) in [4.78, 5) is 20.3. The lowest BCUT2D eigenvalue weighted by molar-refractivity contribution is -0.121. The van der Waals surface area contributed by atoms with E-state index in [1.807, 2.05) is 31.2 Å². The molecule has 0 atom stereocenters. The SMILES string of the molecule is Cc1[nH]ncc1CNC(=O)CCNc1ncnc2ccccc12. The molecule has 0 aliphatic rings. The Kier molecular flexibility index (Phi) is 4.46. The van der Waals surface area contributed by atoms with Crippen LogP contribution in [0.5, 0.6) is 0 Å². The highest BCUT2D eigenvalue weighted by atomic mass is 16.1. The van der Waals surface area contributed by atoms with Crippen LogP contribution in [-0.2, 0) is 11.3 Å². The smallest absolute Gasteiger partial charge is 0.222 e. The van der Waals surface area contributed by atoms with Gasteiger partial charge in [-0.15, -0.1) is 0 Å². The van der Waals surface area contributed by atoms with Gasteiger partial charge in [-0.3, -0.25) is 9.89 Å². The van der Waals surface area contributed by atoms with Gasteiger partial charge in [0.15, 0.2) is 0 Å². The second-order valence-corrected chi connectivity index (χ2v) is 5.21. The standard InChI is InChI=1S/C16H18N6O/c1-11-12(9-21-22-11)8-18-15(23)6-7-17-16-13-4-2-3-5-14(13)19-10-20-16/h2-5,9-10H,6-8H2,1H3,(H,18,23)(H,21,22)(H,17,19,20). The number of nitrogens with one attached hydrogen (secondary N) is 3. The molecule has 0 saturated heterocycles. The summed E-state index contributed by atoms with van der Waals surface area (Å²) in [5, 5.41) is 13.8. The van der Waals surface area contributed by atoms with Crippen LogP contribution in [0, 0.1) is 6.92 Å². The molecule has 3 aromatic rings. The molecule has 0 radical (unpaired) electrons. The third-order valence-electron chi connectivity index (χ3n) is 3.60. The molecule has 7 nitrogen and oxygen atoms in total. The van der Waals surface area contributed by atoms with Gasteiger partial charge < -0.3 is 10.6 Å². The molecule has 0 saturated carbocycles. The van der Waals surface area contributed by atoms with Gasteiger partial charge in [0.05, 0.1) is 11.7 Å². The summed E-state index contributed by atoms with van der Waals surface area (Å²) in [5.41, 5.74) is 2.84. The van der Waals surface area contributed by atoms with Crippen molar-refractivity contribution in [1.29, 1.82) is 0 Å². The van der Waals surface area contributed by atoms with Crippen LogP contribution in [0.2, 0.25) is 0 Å². The topological polar surface area (TPSA) is 95.6 Å². The first-order valence-corrected chi connectivity index (χ1v) is 7.43. The zero-order valence-electron chi connectivity index (χ0n) is 12.8. The largest absolute Gasteiger partial charge is 0.369 e. The number of aromatic nitrogens is 4. The molecule has 1 amide bonds. The van der Waals surface area contributed by atoms with E-state index in [1.165, 1.54) is 6.33 Å². The zero-order valence-corrected chi connectivity index (χ0v) is 12.8. The first kappa shape index (κ1) is 15.0. The van der Waals surface area contributed by atoms with Crippen molar-refractivity contribution in [1.82, 2.24) is 25.5 Å². The third kappa shape index (κ3) is 3.63. The molecule has 118 valence electrons. The van der Waals surface area contributed by atoms with Gasteiger partial charge >= 0.3 is 0 Å². The lowest BCUT2D eigenvalue weighted by atomic mass is 10.2. The fourth-order valence-corrected chi connectivity index (χ4v) is 2.28. The van der Waals surface area contributed by atoms with Crippen LogP contribution in [-0.4, -0.2) is 32.6 Å². The number of aryl methyl sites for hydroxylation is 1. The van der Waals surface area contributed by atoms with Gasteiger partial charge in [-0.05, 0) is 19.1 Å². The van der Waals surface area contributed by atoms with Crippen LogP contribution < -0.4 is 10.6 Å². The van der Waals surface area contributed by atoms with E-state index in [4.69, 9.17) is 0 Å². The maximum atomic E-state index is 11.9. The van der Waals surface area contributed by atoms with Crippen molar-refractivity contribution in [3.63, 3.8) is 0 Å². The zero-order chi connectivity index (χ0) is 16.1. The van der Waals surface area contributed by atoms with Crippen molar-refractivity contribution >= 4 is 22.6 Å². The van der Waals surface area contributed by atoms with Gasteiger partial charge in [-0.1, -0.05) is 12.1 Å². The predicted molar refractivity (Wildman–Crippen MR) is 87.8 cm³/mol. The minimum atomic E-state index is -0.0172. The lowest BCUT2D eigenvalue weighted by Crippen LogP contribution is -2.25. The maximum Gasteiger partial charge on any atom is 0.222 e. The fraction of sp³-hybridized carbons (Fsp3) is 0.250. The summed E-state index contributed by atoms with van der Waals surface area (Å²) in [6.07, 6.45) is 3.61. The number of hydrogen-bond donors (Lipinski definition) is 3. The summed E-state index contributed by atoms with van der Waals surface area (Å²) in [5.74, 6) is 0.727. The molecular weight excluding hydrogens is 292 g/mol. The Labute approximate surface area is 133 Å². The van der Waals surface area contributed by atoms with Crippen molar-refractivity contribution in [2.75, 3.05) is 11.9 Å². The Bertz CT molecular complexity index is 808. The van der Waals surface area contributed by atoms with Crippen LogP contribution >= 0.6 is 0 Å². The van der Waals surface area contributed by atoms with Crippen LogP contribution in [0.15, 0.2) is 36.8 Å². The molecule has 2 aromatic heterocycles. The van der Waals surface area contributed by atoms with E-state index < -0.39 is 0 Å². The van der Waals surface area contributed by atoms with Crippen LogP contribution in [0.1, 0.15) is 17.7 Å². The Morgan fingerprint density at radius 2 is 2.13 bits per heavy atom. The molecule has 0 aliphatic heterocycles. The van der Waals surface area contributed by atoms with Gasteiger partial charge in [0.2, 0.25) is 5.91 Å². The Hall–Kier alpha value is -2.96. The molecule has 2 heterocycles. The third-order valence-corrected chi connectivity index (χ3v) is 3.60. The van der Waals surface area contributed by atoms with Gasteiger partial charge in [0.1, 0.15) is 12.1 Å². The van der Waals surface area contributed by atoms with Crippen molar-refractivity contribution in [2.24, 2.45) is 0 Å². The second-order valence-electron chi connectivity index (χ2n) is 5.21. The van der Waals surface area contributed by atoms with Crippen LogP contribution in [0.3, 0.4) is 0 Å². The number of carbonyl (C=O) groups excluding carboxylic acids is 1. The van der Waals surface area contributed by atoms with E-state index in [9.17, 15) is 4.79 Å². The normalized spacial score (nSPS) is 10.7. The lowest BCUT2D eigenvalue weighted by Gasteiger charge is -2.08. The Morgan fingerprint density at radius 1 is 1.26 bits per heavy atom. The van der Waals surface area contributed by atoms with E-state index in [0.717, 1.165) is 28.0 Å². The maximum absolute atomic E-state index is 11.9. The van der Waals surface area contributed by atoms with Gasteiger partial charge in [-0.2, -0.15) is 5.10 Å². The quantitative estimate of drug-likeness (QED) is 0.645. The van der Waals surface area contributed by atoms with E-state index >= 15 is 0 Å². The molecule has 23 heavy (non-hydrogen) atoms. The monoisotopic (exact) mass is 310 g/mol. The molecule has 0 unspecified atom stereocenters. The molecule has 7 heteroatoms. The average Bonchev–Trinajstić information content (AvgIpc) is 2.98. The molecule has 3 rings (SSSR count). The molecular formula is C16H18N6O. The Balaban J connectivity index is 1.50. The van der Waals surface area contributed by atoms with Crippen molar-refractivity contribution in [3.8, 4) is 0 Å². The second kappa shape index (κ2) is 6.87. The highest BCUT2D eigenvalue weighted by Gasteiger charge is 2.06. The van der Waals surface area contributed by atoms with Gasteiger partial charge in [0.25, 0.3) is 0 Å². The number of fused-ring (bicyclic) bond motifs is 1. The summed E-state index contributed by atoms with van der Waals surface area (Å²) < 4.78 is 0. The van der Waals surface area contributed by atoms with E-state index in [2.05, 4.69) is 30.8 Å². The minimum absolute atomic E-state index is 0.0172. The summed E-state index contributed by atoms with van der Waals surface area (Å²) in [7, 11) is 0. The number of hydrogen-bond acceptors (Lipinski definition) is 5. The number of benzene rings is 1. The van der Waals surface area contributed by atoms with E-state index in [1.54, 1.807) is 6.20 Å². The van der Waals surface area contributed by atoms with Crippen LogP contribution in [0.4, 0.5) is 5.82 Å². The molecule has 3 N–H and O–H groups in total. The molecule has 0 spiro atoms. The highest BCUT2D eigenvalue weighted by Crippen LogP contribution is 2.17. The molecule has 1 aromatic carbocycles. The number of nitrogens with zero attached hydrogens (tertiary/aromatic N) is 3. The molecule has 0 fully saturated rings. The Morgan fingerprint density at radius 3 is 2.96 bits per heavy atom. The summed E-state index contributed by atoms with van der Waals surface area (Å²) in [6, 6.07) is 7.77. The van der Waals surface area contributed by atoms with Crippen molar-refractivity contribution < 1.29 is 4.79 Å².